The van der Waals surface area contributed by atoms with E-state index < -0.39 is 18.5 Å². The van der Waals surface area contributed by atoms with Crippen LogP contribution >= 0.6 is 0 Å². The molecule has 3 aromatic carbocycles. The van der Waals surface area contributed by atoms with Gasteiger partial charge in [-0.15, -0.1) is 0 Å². The molecule has 0 spiro atoms. The average molecular weight is 564 g/mol. The SMILES string of the molecule is CCNc1cc2oc3cc(=[NH+]CC)c(C)cc-3c(-c3ccccc3C(=O)OCC(=O)OCc3ccccc3)c2cc1C. The highest BCUT2D eigenvalue weighted by Gasteiger charge is 2.24. The van der Waals surface area contributed by atoms with Crippen molar-refractivity contribution in [1.29, 1.82) is 0 Å². The number of nitrogens with one attached hydrogen (secondary N) is 2. The summed E-state index contributed by atoms with van der Waals surface area (Å²) in [5, 5.41) is 5.26. The lowest BCUT2D eigenvalue weighted by Gasteiger charge is -2.19. The number of rotatable bonds is 9. The Bertz CT molecular complexity index is 1790. The molecule has 0 amide bonds. The molecular formula is C35H35N2O5+. The van der Waals surface area contributed by atoms with Crippen LogP contribution in [0.4, 0.5) is 5.69 Å². The summed E-state index contributed by atoms with van der Waals surface area (Å²) in [5.41, 5.74) is 7.43. The highest BCUT2D eigenvalue weighted by molar-refractivity contribution is 6.08. The quantitative estimate of drug-likeness (QED) is 0.190. The van der Waals surface area contributed by atoms with Crippen LogP contribution in [0.25, 0.3) is 33.4 Å². The second-order valence-corrected chi connectivity index (χ2v) is 10.1. The van der Waals surface area contributed by atoms with Gasteiger partial charge in [-0.1, -0.05) is 48.5 Å². The largest absolute Gasteiger partial charge is 0.458 e. The van der Waals surface area contributed by atoms with Crippen molar-refractivity contribution in [2.24, 2.45) is 0 Å². The summed E-state index contributed by atoms with van der Waals surface area (Å²) in [4.78, 5) is 29.2. The molecule has 42 heavy (non-hydrogen) atoms. The fourth-order valence-electron chi connectivity index (χ4n) is 5.11. The predicted molar refractivity (Wildman–Crippen MR) is 163 cm³/mol. The molecule has 0 radical (unpaired) electrons. The van der Waals surface area contributed by atoms with Crippen LogP contribution in [0.3, 0.4) is 0 Å². The zero-order chi connectivity index (χ0) is 29.6. The molecule has 0 bridgehead atoms. The van der Waals surface area contributed by atoms with E-state index >= 15 is 0 Å². The zero-order valence-corrected chi connectivity index (χ0v) is 24.4. The van der Waals surface area contributed by atoms with Crippen LogP contribution in [0.1, 0.15) is 40.9 Å². The molecule has 7 heteroatoms. The number of hydrogen-bond acceptors (Lipinski definition) is 6. The Morgan fingerprint density at radius 2 is 1.62 bits per heavy atom. The highest BCUT2D eigenvalue weighted by Crippen LogP contribution is 2.42. The van der Waals surface area contributed by atoms with E-state index in [1.807, 2.05) is 68.4 Å². The molecule has 1 aliphatic heterocycles. The molecule has 0 fully saturated rings. The van der Waals surface area contributed by atoms with Gasteiger partial charge in [0.25, 0.3) is 0 Å². The van der Waals surface area contributed by atoms with Crippen LogP contribution < -0.4 is 15.7 Å². The summed E-state index contributed by atoms with van der Waals surface area (Å²) in [5.74, 6) is -0.526. The number of carbonyl (C=O) groups is 2. The minimum absolute atomic E-state index is 0.113. The monoisotopic (exact) mass is 563 g/mol. The molecule has 0 unspecified atom stereocenters. The minimum atomic E-state index is -0.614. The molecule has 0 saturated heterocycles. The van der Waals surface area contributed by atoms with Gasteiger partial charge in [0, 0.05) is 40.4 Å². The molecule has 2 N–H and O–H groups in total. The van der Waals surface area contributed by atoms with E-state index in [9.17, 15) is 9.59 Å². The fourth-order valence-corrected chi connectivity index (χ4v) is 5.11. The van der Waals surface area contributed by atoms with Gasteiger partial charge >= 0.3 is 11.9 Å². The van der Waals surface area contributed by atoms with E-state index in [0.717, 1.165) is 57.3 Å². The number of fused-ring (bicyclic) bond motifs is 2. The number of esters is 2. The minimum Gasteiger partial charge on any atom is -0.458 e. The van der Waals surface area contributed by atoms with Crippen LogP contribution in [0.15, 0.2) is 83.3 Å². The smallest absolute Gasteiger partial charge is 0.344 e. The number of anilines is 1. The summed E-state index contributed by atoms with van der Waals surface area (Å²) < 4.78 is 17.2. The van der Waals surface area contributed by atoms with Gasteiger partial charge in [-0.2, -0.15) is 0 Å². The molecular weight excluding hydrogens is 528 g/mol. The first-order valence-electron chi connectivity index (χ1n) is 14.2. The van der Waals surface area contributed by atoms with Crippen LogP contribution in [-0.2, 0) is 20.9 Å². The number of aryl methyl sites for hydroxylation is 2. The van der Waals surface area contributed by atoms with Gasteiger partial charge in [-0.3, -0.25) is 0 Å². The molecule has 2 aliphatic rings. The van der Waals surface area contributed by atoms with Crippen molar-refractivity contribution >= 4 is 28.6 Å². The van der Waals surface area contributed by atoms with E-state index in [0.29, 0.717) is 22.5 Å². The van der Waals surface area contributed by atoms with Gasteiger partial charge < -0.3 is 19.2 Å². The van der Waals surface area contributed by atoms with Crippen molar-refractivity contribution in [3.63, 3.8) is 0 Å². The van der Waals surface area contributed by atoms with Crippen LogP contribution in [0.2, 0.25) is 0 Å². The Hall–Kier alpha value is -4.91. The summed E-state index contributed by atoms with van der Waals surface area (Å²) >= 11 is 0. The van der Waals surface area contributed by atoms with Gasteiger partial charge in [0.15, 0.2) is 6.61 Å². The van der Waals surface area contributed by atoms with E-state index in [1.165, 1.54) is 0 Å². The normalized spacial score (nSPS) is 11.6. The van der Waals surface area contributed by atoms with Crippen LogP contribution in [0.5, 0.6) is 0 Å². The Labute approximate surface area is 245 Å². The van der Waals surface area contributed by atoms with E-state index in [2.05, 4.69) is 36.3 Å². The maximum atomic E-state index is 13.4. The molecule has 3 aromatic rings. The van der Waals surface area contributed by atoms with Crippen molar-refractivity contribution < 1.29 is 28.5 Å². The molecule has 5 rings (SSSR count). The Morgan fingerprint density at radius 1 is 0.857 bits per heavy atom. The van der Waals surface area contributed by atoms with Crippen molar-refractivity contribution in [3.8, 4) is 22.5 Å². The summed E-state index contributed by atoms with van der Waals surface area (Å²) in [6.45, 7) is 9.38. The van der Waals surface area contributed by atoms with Gasteiger partial charge in [-0.05, 0) is 62.6 Å². The Morgan fingerprint density at radius 3 is 2.38 bits per heavy atom. The van der Waals surface area contributed by atoms with Gasteiger partial charge in [-0.25, -0.2) is 14.6 Å². The maximum Gasteiger partial charge on any atom is 0.344 e. The van der Waals surface area contributed by atoms with Crippen molar-refractivity contribution in [2.75, 3.05) is 25.0 Å². The first-order valence-corrected chi connectivity index (χ1v) is 14.2. The number of hydrogen-bond donors (Lipinski definition) is 2. The molecule has 0 saturated carbocycles. The van der Waals surface area contributed by atoms with Crippen molar-refractivity contribution in [1.82, 2.24) is 0 Å². The molecule has 0 atom stereocenters. The van der Waals surface area contributed by atoms with Crippen LogP contribution in [0, 0.1) is 13.8 Å². The predicted octanol–water partition coefficient (Wildman–Crippen LogP) is 5.15. The first kappa shape index (κ1) is 28.6. The summed E-state index contributed by atoms with van der Waals surface area (Å²) in [7, 11) is 0. The third-order valence-electron chi connectivity index (χ3n) is 7.13. The molecule has 0 aromatic heterocycles. The van der Waals surface area contributed by atoms with Crippen molar-refractivity contribution in [2.45, 2.75) is 34.3 Å². The van der Waals surface area contributed by atoms with E-state index in [-0.39, 0.29) is 6.61 Å². The highest BCUT2D eigenvalue weighted by atomic mass is 16.6. The van der Waals surface area contributed by atoms with Crippen molar-refractivity contribution in [3.05, 3.63) is 106 Å². The Balaban J connectivity index is 1.57. The second kappa shape index (κ2) is 12.7. The maximum absolute atomic E-state index is 13.4. The van der Waals surface area contributed by atoms with Crippen LogP contribution in [-0.4, -0.2) is 31.6 Å². The summed E-state index contributed by atoms with van der Waals surface area (Å²) in [6, 6.07) is 24.8. The lowest BCUT2D eigenvalue weighted by molar-refractivity contribution is -0.496. The van der Waals surface area contributed by atoms with Gasteiger partial charge in [0.05, 0.1) is 11.6 Å². The molecule has 214 valence electrons. The zero-order valence-electron chi connectivity index (χ0n) is 24.4. The van der Waals surface area contributed by atoms with E-state index in [1.54, 1.807) is 12.1 Å². The fraction of sp³-hybridized carbons (Fsp3) is 0.229. The first-order chi connectivity index (χ1) is 20.4. The van der Waals surface area contributed by atoms with Gasteiger partial charge in [0.1, 0.15) is 24.5 Å². The second-order valence-electron chi connectivity index (χ2n) is 10.1. The van der Waals surface area contributed by atoms with E-state index in [4.69, 9.17) is 13.9 Å². The third-order valence-corrected chi connectivity index (χ3v) is 7.13. The number of benzene rings is 4. The lowest BCUT2D eigenvalue weighted by Crippen LogP contribution is -2.76. The number of carbonyl (C=O) groups excluding carboxylic acids is 2. The third kappa shape index (κ3) is 6.05. The summed E-state index contributed by atoms with van der Waals surface area (Å²) in [6.07, 6.45) is 0. The Kier molecular flexibility index (Phi) is 8.67. The average Bonchev–Trinajstić information content (AvgIpc) is 3.00. The molecule has 7 nitrogen and oxygen atoms in total. The van der Waals surface area contributed by atoms with Gasteiger partial charge in [0.2, 0.25) is 5.36 Å². The standard InChI is InChI=1S/C35H34N2O5/c1-5-36-29-18-31-27(16-22(29)3)34(28-17-23(4)30(37-6-2)19-32(28)42-31)25-14-10-11-15-26(25)35(39)41-21-33(38)40-20-24-12-8-7-9-13-24/h7-19,36H,5-6,20-21H2,1-4H3/p+1. The topological polar surface area (TPSA) is 91.7 Å². The molecule has 1 aliphatic carbocycles. The lowest BCUT2D eigenvalue weighted by atomic mass is 9.89. The number of ether oxygens (including phenoxy) is 2. The molecule has 1 heterocycles.